The number of methoxy groups -OCH3 is 2. The van der Waals surface area contributed by atoms with Crippen LogP contribution in [0.4, 0.5) is 5.82 Å². The maximum atomic E-state index is 14.2. The smallest absolute Gasteiger partial charge is 0.351 e. The minimum absolute atomic E-state index is 0.0104. The molecule has 9 rings (SSSR count). The molecule has 5 heterocycles. The molecule has 0 saturated carbocycles. The fourth-order valence-corrected chi connectivity index (χ4v) is 13.9. The van der Waals surface area contributed by atoms with Crippen molar-refractivity contribution in [3.63, 3.8) is 0 Å². The standard InChI is InChI=1S/C60H73N6O14PSSi/c1-39-35-66(58(71)63-55(39)68)54-34-49(80-83(8,9)59(3,4)5)51(78-54)38-76-81(82,75-36-45-21-16-31-64(45)40(2)67)79-48-33-53(65-32-30-52(62-57(65)70)61-56(69)41-17-12-10-13-18-41)77-50(48)37-74-60(42-19-14-11-15-20-42,43-22-26-46(72-6)27-23-43)44-24-28-47(73-7)29-25-44/h10-15,17-20,22-30,32,35,45,48-51,53-54H,16,21,31,33-34,36-38H2,1-9H3,(H,63,68,71)(H,61,62,69,70)/t45-,48+,49+,50-,51-,53-,54-,81-/m1/s1. The van der Waals surface area contributed by atoms with Gasteiger partial charge in [0, 0.05) is 49.8 Å². The Morgan fingerprint density at radius 2 is 1.34 bits per heavy atom. The van der Waals surface area contributed by atoms with E-state index in [1.54, 1.807) is 56.4 Å². The average molecular weight is 1190 g/mol. The van der Waals surface area contributed by atoms with Crippen molar-refractivity contribution in [3.05, 3.63) is 187 Å². The summed E-state index contributed by atoms with van der Waals surface area (Å²) in [5.74, 6) is 0.753. The number of benzene rings is 4. The van der Waals surface area contributed by atoms with Crippen molar-refractivity contribution in [2.24, 2.45) is 0 Å². The van der Waals surface area contributed by atoms with Crippen molar-refractivity contribution in [1.29, 1.82) is 0 Å². The zero-order valence-corrected chi connectivity index (χ0v) is 50.9. The van der Waals surface area contributed by atoms with Crippen LogP contribution in [0.15, 0.2) is 142 Å². The molecule has 4 aromatic carbocycles. The van der Waals surface area contributed by atoms with E-state index in [0.29, 0.717) is 35.6 Å². The third kappa shape index (κ3) is 13.9. The van der Waals surface area contributed by atoms with Crippen LogP contribution in [0, 0.1) is 6.92 Å². The number of carbonyl (C=O) groups is 2. The van der Waals surface area contributed by atoms with E-state index in [1.165, 1.54) is 34.5 Å². The van der Waals surface area contributed by atoms with E-state index in [0.717, 1.165) is 23.1 Å². The van der Waals surface area contributed by atoms with E-state index in [-0.39, 0.29) is 55.5 Å². The molecule has 0 bridgehead atoms. The van der Waals surface area contributed by atoms with Crippen LogP contribution in [0.2, 0.25) is 18.1 Å². The number of amides is 2. The molecule has 0 aliphatic carbocycles. The summed E-state index contributed by atoms with van der Waals surface area (Å²) in [6.45, 7) is 9.90. The highest BCUT2D eigenvalue weighted by atomic mass is 32.5. The number of aryl methyl sites for hydroxylation is 1. The van der Waals surface area contributed by atoms with Gasteiger partial charge >= 0.3 is 18.1 Å². The zero-order chi connectivity index (χ0) is 59.3. The highest BCUT2D eigenvalue weighted by Gasteiger charge is 2.49. The van der Waals surface area contributed by atoms with Crippen LogP contribution in [-0.4, -0.2) is 115 Å². The second kappa shape index (κ2) is 25.8. The van der Waals surface area contributed by atoms with E-state index in [1.807, 2.05) is 78.9 Å². The number of ether oxygens (including phenoxy) is 5. The van der Waals surface area contributed by atoms with Crippen LogP contribution < -0.4 is 31.7 Å². The number of nitrogens with one attached hydrogen (secondary N) is 2. The summed E-state index contributed by atoms with van der Waals surface area (Å²) in [5.41, 5.74) is -0.169. The molecule has 3 saturated heterocycles. The molecule has 3 aliphatic heterocycles. The highest BCUT2D eigenvalue weighted by Crippen LogP contribution is 2.55. The summed E-state index contributed by atoms with van der Waals surface area (Å²) >= 11 is 6.48. The largest absolute Gasteiger partial charge is 0.497 e. The molecule has 2 N–H and O–H groups in total. The Balaban J connectivity index is 1.10. The maximum Gasteiger partial charge on any atom is 0.351 e. The first kappa shape index (κ1) is 61.1. The van der Waals surface area contributed by atoms with E-state index in [4.69, 9.17) is 53.5 Å². The monoisotopic (exact) mass is 1190 g/mol. The van der Waals surface area contributed by atoms with E-state index < -0.39 is 80.4 Å². The normalized spacial score (nSPS) is 21.8. The predicted octanol–water partition coefficient (Wildman–Crippen LogP) is 9.00. The topological polar surface area (TPSA) is 222 Å². The highest BCUT2D eigenvalue weighted by molar-refractivity contribution is 8.07. The predicted molar refractivity (Wildman–Crippen MR) is 318 cm³/mol. The fourth-order valence-electron chi connectivity index (χ4n) is 10.4. The number of aromatic nitrogens is 4. The molecule has 6 aromatic rings. The van der Waals surface area contributed by atoms with Crippen LogP contribution in [0.25, 0.3) is 0 Å². The van der Waals surface area contributed by atoms with Gasteiger partial charge < -0.3 is 51.9 Å². The third-order valence-electron chi connectivity index (χ3n) is 16.0. The first-order chi connectivity index (χ1) is 39.6. The number of likely N-dealkylation sites (tertiary alicyclic amines) is 1. The number of aromatic amines is 1. The Labute approximate surface area is 488 Å². The number of carbonyl (C=O) groups excluding carboxylic acids is 2. The molecule has 0 spiro atoms. The van der Waals surface area contributed by atoms with Crippen molar-refractivity contribution in [2.45, 2.75) is 127 Å². The Hall–Kier alpha value is -6.43. The van der Waals surface area contributed by atoms with Crippen LogP contribution in [-0.2, 0) is 54.4 Å². The van der Waals surface area contributed by atoms with Gasteiger partial charge in [-0.25, -0.2) is 9.59 Å². The number of anilines is 1. The third-order valence-corrected chi connectivity index (χ3v) is 22.8. The van der Waals surface area contributed by atoms with Gasteiger partial charge in [0.2, 0.25) is 5.91 Å². The van der Waals surface area contributed by atoms with Crippen LogP contribution in [0.5, 0.6) is 11.5 Å². The van der Waals surface area contributed by atoms with Crippen molar-refractivity contribution < 1.29 is 51.3 Å². The van der Waals surface area contributed by atoms with E-state index >= 15 is 0 Å². The molecule has 3 aliphatic rings. The van der Waals surface area contributed by atoms with E-state index in [2.05, 4.69) is 49.1 Å². The Bertz CT molecular complexity index is 3410. The summed E-state index contributed by atoms with van der Waals surface area (Å²) in [6, 6.07) is 34.7. The van der Waals surface area contributed by atoms with Gasteiger partial charge in [-0.2, -0.15) is 4.98 Å². The van der Waals surface area contributed by atoms with Crippen molar-refractivity contribution >= 4 is 44.5 Å². The van der Waals surface area contributed by atoms with Gasteiger partial charge in [-0.3, -0.25) is 28.5 Å². The lowest BCUT2D eigenvalue weighted by Gasteiger charge is -2.39. The van der Waals surface area contributed by atoms with Crippen LogP contribution in [0.1, 0.15) is 98.4 Å². The number of hydrogen-bond donors (Lipinski definition) is 2. The molecule has 0 radical (unpaired) electrons. The molecule has 83 heavy (non-hydrogen) atoms. The number of hydrogen-bond acceptors (Lipinski definition) is 16. The molecular formula is C60H73N6O14PSSi. The van der Waals surface area contributed by atoms with Gasteiger partial charge in [0.1, 0.15) is 47.6 Å². The molecular weight excluding hydrogens is 1120 g/mol. The fraction of sp³-hybridized carbons (Fsp3) is 0.433. The van der Waals surface area contributed by atoms with Gasteiger partial charge in [-0.15, -0.1) is 0 Å². The van der Waals surface area contributed by atoms with Gasteiger partial charge in [-0.1, -0.05) is 93.6 Å². The Morgan fingerprint density at radius 1 is 0.771 bits per heavy atom. The summed E-state index contributed by atoms with van der Waals surface area (Å²) in [6.07, 6.45) is -0.648. The minimum Gasteiger partial charge on any atom is -0.497 e. The van der Waals surface area contributed by atoms with E-state index in [9.17, 15) is 24.0 Å². The average Bonchev–Trinajstić information content (AvgIpc) is 4.40. The first-order valence-corrected chi connectivity index (χ1v) is 33.2. The summed E-state index contributed by atoms with van der Waals surface area (Å²) in [4.78, 5) is 74.5. The second-order valence-corrected chi connectivity index (χ2v) is 30.2. The molecule has 20 nitrogen and oxygen atoms in total. The quantitative estimate of drug-likeness (QED) is 0.0368. The van der Waals surface area contributed by atoms with Crippen LogP contribution >= 0.6 is 6.72 Å². The van der Waals surface area contributed by atoms with Gasteiger partial charge in [0.25, 0.3) is 11.5 Å². The Morgan fingerprint density at radius 3 is 1.93 bits per heavy atom. The molecule has 3 fully saturated rings. The maximum absolute atomic E-state index is 14.2. The number of H-pyrrole nitrogens is 1. The molecule has 8 atom stereocenters. The lowest BCUT2D eigenvalue weighted by atomic mass is 9.80. The van der Waals surface area contributed by atoms with Crippen LogP contribution in [0.3, 0.4) is 0 Å². The lowest BCUT2D eigenvalue weighted by Crippen LogP contribution is -2.46. The van der Waals surface area contributed by atoms with Crippen molar-refractivity contribution in [1.82, 2.24) is 24.0 Å². The first-order valence-electron chi connectivity index (χ1n) is 27.7. The van der Waals surface area contributed by atoms with Crippen molar-refractivity contribution in [3.8, 4) is 11.5 Å². The SMILES string of the molecule is COc1ccc(C(OC[C@H]2O[C@@H](n3ccc(NC(=O)c4ccccc4)nc3=O)C[C@@H]2O[P@@](=S)(OC[C@H]2CCCN2C(C)=O)OC[C@H]2O[C@@H](n3cc(C)c(=O)[nH]c3=O)C[C@@H]2O[Si](C)(C)C(C)(C)C)(c2ccccc2)c2ccc(OC)cc2)cc1. The zero-order valence-electron chi connectivity index (χ0n) is 48.2. The van der Waals surface area contributed by atoms with Crippen molar-refractivity contribution in [2.75, 3.05) is 45.9 Å². The number of rotatable bonds is 22. The molecule has 0 unspecified atom stereocenters. The molecule has 2 aromatic heterocycles. The Kier molecular flexibility index (Phi) is 19.0. The lowest BCUT2D eigenvalue weighted by molar-refractivity contribution is -0.130. The molecule has 2 amide bonds. The number of nitrogens with zero attached hydrogens (tertiary/aromatic N) is 4. The molecule has 442 valence electrons. The van der Waals surface area contributed by atoms with Gasteiger partial charge in [0.05, 0.1) is 52.3 Å². The summed E-state index contributed by atoms with van der Waals surface area (Å²) in [7, 11) is 0.683. The van der Waals surface area contributed by atoms with Gasteiger partial charge in [0.15, 0.2) is 8.32 Å². The minimum atomic E-state index is -3.99. The summed E-state index contributed by atoms with van der Waals surface area (Å²) < 4.78 is 62.5. The summed E-state index contributed by atoms with van der Waals surface area (Å²) in [5, 5.41) is 2.50. The van der Waals surface area contributed by atoms with Gasteiger partial charge in [-0.05, 0) is 109 Å². The molecule has 23 heteroatoms. The second-order valence-electron chi connectivity index (χ2n) is 22.5.